The number of hydrogen-bond donors (Lipinski definition) is 3. The molecule has 3 N–H and O–H groups in total. The molecule has 2 rings (SSSR count). The van der Waals surface area contributed by atoms with E-state index in [1.165, 1.54) is 24.5 Å². The number of nitrogens with zero attached hydrogens (tertiary/aromatic N) is 1. The van der Waals surface area contributed by atoms with E-state index in [1.807, 2.05) is 0 Å². The first-order valence-corrected chi connectivity index (χ1v) is 6.04. The maximum Gasteiger partial charge on any atom is 0.262 e. The Kier molecular flexibility index (Phi) is 4.26. The predicted molar refractivity (Wildman–Crippen MR) is 73.9 cm³/mol. The predicted octanol–water partition coefficient (Wildman–Crippen LogP) is 1.91. The van der Waals surface area contributed by atoms with Gasteiger partial charge < -0.3 is 19.9 Å². The van der Waals surface area contributed by atoms with E-state index < -0.39 is 5.91 Å². The number of aromatic hydroxyl groups is 2. The Balaban J connectivity index is 2.13. The summed E-state index contributed by atoms with van der Waals surface area (Å²) >= 11 is 0. The largest absolute Gasteiger partial charge is 0.508 e. The van der Waals surface area contributed by atoms with Crippen molar-refractivity contribution in [3.8, 4) is 17.6 Å². The maximum atomic E-state index is 11.9. The summed E-state index contributed by atoms with van der Waals surface area (Å²) in [5.41, 5.74) is 0.0973. The molecule has 0 unspecified atom stereocenters. The number of hydrogen-bond acceptors (Lipinski definition) is 5. The number of carbonyl (C=O) groups is 1. The number of amides is 1. The first-order valence-electron chi connectivity index (χ1n) is 6.04. The molecule has 0 aliphatic rings. The van der Waals surface area contributed by atoms with E-state index in [1.54, 1.807) is 18.2 Å². The van der Waals surface area contributed by atoms with Crippen molar-refractivity contribution in [2.75, 3.05) is 0 Å². The second-order valence-electron chi connectivity index (χ2n) is 4.17. The smallest absolute Gasteiger partial charge is 0.262 e. The zero-order chi connectivity index (χ0) is 15.2. The van der Waals surface area contributed by atoms with Gasteiger partial charge in [0, 0.05) is 11.6 Å². The molecule has 0 radical (unpaired) electrons. The molecule has 0 aliphatic carbocycles. The number of nitrogens with one attached hydrogen (secondary N) is 1. The number of benzene rings is 1. The normalized spacial score (nSPS) is 10.9. The summed E-state index contributed by atoms with van der Waals surface area (Å²) < 4.78 is 5.06. The minimum Gasteiger partial charge on any atom is -0.508 e. The lowest BCUT2D eigenvalue weighted by molar-refractivity contribution is -0.117. The minimum absolute atomic E-state index is 0.106. The van der Waals surface area contributed by atoms with Crippen molar-refractivity contribution in [1.29, 1.82) is 5.26 Å². The van der Waals surface area contributed by atoms with Crippen molar-refractivity contribution in [1.82, 2.24) is 5.32 Å². The molecule has 106 valence electrons. The van der Waals surface area contributed by atoms with E-state index in [0.717, 1.165) is 6.07 Å². The third kappa shape index (κ3) is 3.64. The zero-order valence-corrected chi connectivity index (χ0v) is 10.9. The lowest BCUT2D eigenvalue weighted by atomic mass is 10.1. The Hall–Kier alpha value is -3.20. The SMILES string of the molecule is N#C/C(=C\c1ccc(O)cc1O)C(=O)NCc1ccco1. The highest BCUT2D eigenvalue weighted by atomic mass is 16.3. The Morgan fingerprint density at radius 1 is 1.38 bits per heavy atom. The van der Waals surface area contributed by atoms with Gasteiger partial charge in [-0.25, -0.2) is 0 Å². The molecule has 1 amide bonds. The van der Waals surface area contributed by atoms with Gasteiger partial charge in [0.1, 0.15) is 28.9 Å². The van der Waals surface area contributed by atoms with Crippen molar-refractivity contribution in [2.24, 2.45) is 0 Å². The fraction of sp³-hybridized carbons (Fsp3) is 0.0667. The van der Waals surface area contributed by atoms with Gasteiger partial charge in [-0.05, 0) is 30.3 Å². The van der Waals surface area contributed by atoms with Gasteiger partial charge in [0.25, 0.3) is 5.91 Å². The highest BCUT2D eigenvalue weighted by Crippen LogP contribution is 2.24. The average molecular weight is 284 g/mol. The second-order valence-corrected chi connectivity index (χ2v) is 4.17. The van der Waals surface area contributed by atoms with Crippen molar-refractivity contribution in [3.05, 3.63) is 53.5 Å². The van der Waals surface area contributed by atoms with Crippen LogP contribution in [0.5, 0.6) is 11.5 Å². The van der Waals surface area contributed by atoms with Gasteiger partial charge in [0.15, 0.2) is 0 Å². The van der Waals surface area contributed by atoms with Crippen molar-refractivity contribution in [2.45, 2.75) is 6.54 Å². The van der Waals surface area contributed by atoms with Gasteiger partial charge in [-0.1, -0.05) is 0 Å². The number of carbonyl (C=O) groups excluding carboxylic acids is 1. The molecule has 0 bridgehead atoms. The summed E-state index contributed by atoms with van der Waals surface area (Å²) in [5, 5.41) is 30.4. The molecular formula is C15H12N2O4. The number of phenolic OH excluding ortho intramolecular Hbond substituents is 2. The summed E-state index contributed by atoms with van der Waals surface area (Å²) in [7, 11) is 0. The second kappa shape index (κ2) is 6.30. The van der Waals surface area contributed by atoms with Gasteiger partial charge in [-0.2, -0.15) is 5.26 Å². The Bertz CT molecular complexity index is 712. The summed E-state index contributed by atoms with van der Waals surface area (Å²) in [5.74, 6) is -0.346. The standard InChI is InChI=1S/C15H12N2O4/c16-8-11(6-10-3-4-12(18)7-14(10)19)15(20)17-9-13-2-1-5-21-13/h1-7,18-19H,9H2,(H,17,20)/b11-6+. The molecule has 2 aromatic rings. The molecule has 6 nitrogen and oxygen atoms in total. The first kappa shape index (κ1) is 14.2. The van der Waals surface area contributed by atoms with Crippen LogP contribution >= 0.6 is 0 Å². The molecule has 1 aromatic carbocycles. The molecule has 21 heavy (non-hydrogen) atoms. The molecule has 0 fully saturated rings. The van der Waals surface area contributed by atoms with E-state index in [4.69, 9.17) is 9.68 Å². The highest BCUT2D eigenvalue weighted by molar-refractivity contribution is 6.01. The van der Waals surface area contributed by atoms with Crippen LogP contribution in [0.15, 0.2) is 46.6 Å². The van der Waals surface area contributed by atoms with Gasteiger partial charge in [0.2, 0.25) is 0 Å². The van der Waals surface area contributed by atoms with Gasteiger partial charge in [-0.3, -0.25) is 4.79 Å². The topological polar surface area (TPSA) is 106 Å². The molecule has 1 aromatic heterocycles. The van der Waals surface area contributed by atoms with Crippen molar-refractivity contribution < 1.29 is 19.4 Å². The summed E-state index contributed by atoms with van der Waals surface area (Å²) in [6, 6.07) is 9.03. The molecule has 0 saturated carbocycles. The van der Waals surface area contributed by atoms with Crippen LogP contribution in [-0.2, 0) is 11.3 Å². The quantitative estimate of drug-likeness (QED) is 0.587. The van der Waals surface area contributed by atoms with Crippen LogP contribution in [0.4, 0.5) is 0 Å². The van der Waals surface area contributed by atoms with Gasteiger partial charge >= 0.3 is 0 Å². The van der Waals surface area contributed by atoms with E-state index >= 15 is 0 Å². The monoisotopic (exact) mass is 284 g/mol. The van der Waals surface area contributed by atoms with Crippen molar-refractivity contribution >= 4 is 12.0 Å². The molecule has 0 atom stereocenters. The Morgan fingerprint density at radius 3 is 2.81 bits per heavy atom. The maximum absolute atomic E-state index is 11.9. The van der Waals surface area contributed by atoms with Crippen LogP contribution in [0.25, 0.3) is 6.08 Å². The van der Waals surface area contributed by atoms with E-state index in [9.17, 15) is 15.0 Å². The number of nitriles is 1. The van der Waals surface area contributed by atoms with E-state index in [2.05, 4.69) is 5.32 Å². The van der Waals surface area contributed by atoms with E-state index in [-0.39, 0.29) is 29.2 Å². The summed E-state index contributed by atoms with van der Waals surface area (Å²) in [4.78, 5) is 11.9. The van der Waals surface area contributed by atoms with Crippen LogP contribution < -0.4 is 5.32 Å². The summed E-state index contributed by atoms with van der Waals surface area (Å²) in [6.45, 7) is 0.159. The molecule has 0 spiro atoms. The number of phenols is 2. The number of furan rings is 1. The van der Waals surface area contributed by atoms with Crippen LogP contribution in [0.3, 0.4) is 0 Å². The van der Waals surface area contributed by atoms with Crippen molar-refractivity contribution in [3.63, 3.8) is 0 Å². The minimum atomic E-state index is -0.582. The zero-order valence-electron chi connectivity index (χ0n) is 10.9. The summed E-state index contributed by atoms with van der Waals surface area (Å²) in [6.07, 6.45) is 2.73. The van der Waals surface area contributed by atoms with Crippen LogP contribution in [0, 0.1) is 11.3 Å². The van der Waals surface area contributed by atoms with Crippen LogP contribution in [0.2, 0.25) is 0 Å². The third-order valence-electron chi connectivity index (χ3n) is 2.68. The lowest BCUT2D eigenvalue weighted by Gasteiger charge is -2.03. The molecular weight excluding hydrogens is 272 g/mol. The molecule has 0 aliphatic heterocycles. The third-order valence-corrected chi connectivity index (χ3v) is 2.68. The van der Waals surface area contributed by atoms with Gasteiger partial charge in [-0.15, -0.1) is 0 Å². The number of rotatable bonds is 4. The highest BCUT2D eigenvalue weighted by Gasteiger charge is 2.11. The Morgan fingerprint density at radius 2 is 2.19 bits per heavy atom. The lowest BCUT2D eigenvalue weighted by Crippen LogP contribution is -2.23. The Labute approximate surface area is 120 Å². The molecule has 1 heterocycles. The fourth-order valence-electron chi connectivity index (χ4n) is 1.63. The molecule has 6 heteroatoms. The molecule has 0 saturated heterocycles. The first-order chi connectivity index (χ1) is 10.1. The fourth-order valence-corrected chi connectivity index (χ4v) is 1.63. The van der Waals surface area contributed by atoms with E-state index in [0.29, 0.717) is 5.76 Å². The average Bonchev–Trinajstić information content (AvgIpc) is 2.97. The van der Waals surface area contributed by atoms with Crippen LogP contribution in [-0.4, -0.2) is 16.1 Å². The van der Waals surface area contributed by atoms with Gasteiger partial charge in [0.05, 0.1) is 12.8 Å². The van der Waals surface area contributed by atoms with Crippen LogP contribution in [0.1, 0.15) is 11.3 Å².